The monoisotopic (exact) mass is 279 g/mol. The third-order valence-corrected chi connectivity index (χ3v) is 3.23. The van der Waals surface area contributed by atoms with E-state index in [1.165, 1.54) is 18.2 Å². The average molecular weight is 279 g/mol. The van der Waals surface area contributed by atoms with Gasteiger partial charge < -0.3 is 15.6 Å². The van der Waals surface area contributed by atoms with Crippen LogP contribution in [0.2, 0.25) is 0 Å². The van der Waals surface area contributed by atoms with E-state index >= 15 is 0 Å². The first-order chi connectivity index (χ1) is 10.1. The lowest BCUT2D eigenvalue weighted by Gasteiger charge is -2.11. The van der Waals surface area contributed by atoms with Crippen molar-refractivity contribution in [2.24, 2.45) is 0 Å². The van der Waals surface area contributed by atoms with Gasteiger partial charge in [0, 0.05) is 5.39 Å². The van der Waals surface area contributed by atoms with E-state index in [0.29, 0.717) is 17.2 Å². The number of fused-ring (bicyclic) bond motifs is 1. The number of nitrogen functional groups attached to an aromatic ring is 1. The van der Waals surface area contributed by atoms with Gasteiger partial charge in [-0.1, -0.05) is 36.4 Å². The topological polar surface area (TPSA) is 72.6 Å². The highest BCUT2D eigenvalue weighted by Gasteiger charge is 2.10. The Morgan fingerprint density at radius 1 is 0.952 bits per heavy atom. The largest absolute Gasteiger partial charge is 0.478 e. The van der Waals surface area contributed by atoms with Gasteiger partial charge >= 0.3 is 5.97 Å². The zero-order valence-corrected chi connectivity index (χ0v) is 11.1. The van der Waals surface area contributed by atoms with Crippen LogP contribution in [0.5, 0.6) is 11.5 Å². The van der Waals surface area contributed by atoms with Gasteiger partial charge in [0.2, 0.25) is 0 Å². The summed E-state index contributed by atoms with van der Waals surface area (Å²) >= 11 is 0. The number of hydrogen-bond acceptors (Lipinski definition) is 3. The summed E-state index contributed by atoms with van der Waals surface area (Å²) in [6.07, 6.45) is 0. The molecule has 0 amide bonds. The molecule has 0 unspecified atom stereocenters. The highest BCUT2D eigenvalue weighted by Crippen LogP contribution is 2.33. The summed E-state index contributed by atoms with van der Waals surface area (Å²) in [5.41, 5.74) is 6.40. The molecule has 3 rings (SSSR count). The van der Waals surface area contributed by atoms with Gasteiger partial charge in [-0.05, 0) is 29.7 Å². The molecular weight excluding hydrogens is 266 g/mol. The zero-order valence-electron chi connectivity index (χ0n) is 11.1. The van der Waals surface area contributed by atoms with Gasteiger partial charge in [-0.25, -0.2) is 4.79 Å². The molecule has 4 heteroatoms. The first-order valence-corrected chi connectivity index (χ1v) is 6.43. The van der Waals surface area contributed by atoms with Crippen LogP contribution in [0.3, 0.4) is 0 Å². The molecule has 0 atom stereocenters. The van der Waals surface area contributed by atoms with E-state index in [1.54, 1.807) is 0 Å². The van der Waals surface area contributed by atoms with E-state index in [9.17, 15) is 4.79 Å². The number of nitrogens with two attached hydrogens (primary N) is 1. The molecule has 3 aromatic carbocycles. The highest BCUT2D eigenvalue weighted by atomic mass is 16.5. The second kappa shape index (κ2) is 5.17. The molecule has 0 saturated heterocycles. The van der Waals surface area contributed by atoms with E-state index in [-0.39, 0.29) is 5.56 Å². The fraction of sp³-hybridized carbons (Fsp3) is 0. The van der Waals surface area contributed by atoms with E-state index in [4.69, 9.17) is 15.6 Å². The van der Waals surface area contributed by atoms with Crippen molar-refractivity contribution in [2.45, 2.75) is 0 Å². The summed E-state index contributed by atoms with van der Waals surface area (Å²) in [4.78, 5) is 11.0. The first-order valence-electron chi connectivity index (χ1n) is 6.43. The van der Waals surface area contributed by atoms with Crippen LogP contribution in [0.15, 0.2) is 60.7 Å². The van der Waals surface area contributed by atoms with E-state index in [2.05, 4.69) is 0 Å². The molecule has 0 aliphatic rings. The molecule has 104 valence electrons. The van der Waals surface area contributed by atoms with Crippen molar-refractivity contribution in [2.75, 3.05) is 5.73 Å². The van der Waals surface area contributed by atoms with Gasteiger partial charge in [0.05, 0.1) is 11.3 Å². The normalized spacial score (nSPS) is 10.5. The number of carbonyl (C=O) groups is 1. The van der Waals surface area contributed by atoms with Crippen LogP contribution in [0.1, 0.15) is 10.4 Å². The minimum Gasteiger partial charge on any atom is -0.478 e. The number of anilines is 1. The molecule has 0 saturated carbocycles. The maximum atomic E-state index is 11.0. The third-order valence-electron chi connectivity index (χ3n) is 3.23. The van der Waals surface area contributed by atoms with Crippen molar-refractivity contribution in [3.63, 3.8) is 0 Å². The SMILES string of the molecule is Nc1ccc(C(=O)O)cc1Oc1cccc2ccccc12. The van der Waals surface area contributed by atoms with Crippen molar-refractivity contribution in [1.82, 2.24) is 0 Å². The number of aromatic carboxylic acids is 1. The smallest absolute Gasteiger partial charge is 0.335 e. The van der Waals surface area contributed by atoms with Crippen molar-refractivity contribution in [3.8, 4) is 11.5 Å². The number of rotatable bonds is 3. The standard InChI is InChI=1S/C17H13NO3/c18-14-9-8-12(17(19)20)10-16(14)21-15-7-3-5-11-4-1-2-6-13(11)15/h1-10H,18H2,(H,19,20). The minimum absolute atomic E-state index is 0.138. The predicted molar refractivity (Wildman–Crippen MR) is 81.8 cm³/mol. The van der Waals surface area contributed by atoms with Crippen LogP contribution in [0.25, 0.3) is 10.8 Å². The van der Waals surface area contributed by atoms with Gasteiger partial charge in [-0.3, -0.25) is 0 Å². The molecule has 3 aromatic rings. The summed E-state index contributed by atoms with van der Waals surface area (Å²) < 4.78 is 5.82. The van der Waals surface area contributed by atoms with Gasteiger partial charge in [-0.2, -0.15) is 0 Å². The molecule has 0 aliphatic carbocycles. The quantitative estimate of drug-likeness (QED) is 0.713. The summed E-state index contributed by atoms with van der Waals surface area (Å²) in [6, 6.07) is 17.9. The van der Waals surface area contributed by atoms with Gasteiger partial charge in [0.1, 0.15) is 5.75 Å². The second-order valence-corrected chi connectivity index (χ2v) is 4.64. The van der Waals surface area contributed by atoms with Crippen molar-refractivity contribution in [1.29, 1.82) is 0 Å². The maximum Gasteiger partial charge on any atom is 0.335 e. The Kier molecular flexibility index (Phi) is 3.20. The molecule has 0 heterocycles. The predicted octanol–water partition coefficient (Wildman–Crippen LogP) is 3.91. The molecule has 0 bridgehead atoms. The van der Waals surface area contributed by atoms with Crippen molar-refractivity contribution < 1.29 is 14.6 Å². The molecular formula is C17H13NO3. The van der Waals surface area contributed by atoms with E-state index in [1.807, 2.05) is 42.5 Å². The number of carboxylic acid groups (broad SMARTS) is 1. The van der Waals surface area contributed by atoms with Gasteiger partial charge in [-0.15, -0.1) is 0 Å². The van der Waals surface area contributed by atoms with Crippen molar-refractivity contribution >= 4 is 22.4 Å². The highest BCUT2D eigenvalue weighted by molar-refractivity contribution is 5.90. The summed E-state index contributed by atoms with van der Waals surface area (Å²) in [5, 5.41) is 11.0. The van der Waals surface area contributed by atoms with Crippen LogP contribution in [0, 0.1) is 0 Å². The number of hydrogen-bond donors (Lipinski definition) is 2. The summed E-state index contributed by atoms with van der Waals surface area (Å²) in [5.74, 6) is -0.0358. The Balaban J connectivity index is 2.06. The molecule has 0 spiro atoms. The van der Waals surface area contributed by atoms with Crippen LogP contribution in [-0.4, -0.2) is 11.1 Å². The summed E-state index contributed by atoms with van der Waals surface area (Å²) in [7, 11) is 0. The van der Waals surface area contributed by atoms with Crippen LogP contribution >= 0.6 is 0 Å². The van der Waals surface area contributed by atoms with Gasteiger partial charge in [0.25, 0.3) is 0 Å². The molecule has 0 radical (unpaired) electrons. The first kappa shape index (κ1) is 13.0. The lowest BCUT2D eigenvalue weighted by atomic mass is 10.1. The average Bonchev–Trinajstić information content (AvgIpc) is 2.49. The Labute approximate surface area is 121 Å². The van der Waals surface area contributed by atoms with E-state index in [0.717, 1.165) is 10.8 Å². The van der Waals surface area contributed by atoms with Crippen LogP contribution < -0.4 is 10.5 Å². The molecule has 21 heavy (non-hydrogen) atoms. The number of carboxylic acids is 1. The molecule has 0 aromatic heterocycles. The Morgan fingerprint density at radius 3 is 2.52 bits per heavy atom. The fourth-order valence-corrected chi connectivity index (χ4v) is 2.16. The maximum absolute atomic E-state index is 11.0. The second-order valence-electron chi connectivity index (χ2n) is 4.64. The fourth-order valence-electron chi connectivity index (χ4n) is 2.16. The molecule has 0 fully saturated rings. The Morgan fingerprint density at radius 2 is 1.71 bits per heavy atom. The van der Waals surface area contributed by atoms with E-state index < -0.39 is 5.97 Å². The lowest BCUT2D eigenvalue weighted by molar-refractivity contribution is 0.0696. The molecule has 4 nitrogen and oxygen atoms in total. The Bertz CT molecular complexity index is 822. The van der Waals surface area contributed by atoms with Crippen LogP contribution in [-0.2, 0) is 0 Å². The molecule has 0 aliphatic heterocycles. The number of ether oxygens (including phenoxy) is 1. The molecule has 3 N–H and O–H groups in total. The van der Waals surface area contributed by atoms with Crippen molar-refractivity contribution in [3.05, 3.63) is 66.2 Å². The zero-order chi connectivity index (χ0) is 14.8. The lowest BCUT2D eigenvalue weighted by Crippen LogP contribution is -1.99. The van der Waals surface area contributed by atoms with Crippen LogP contribution in [0.4, 0.5) is 5.69 Å². The Hall–Kier alpha value is -3.01. The third kappa shape index (κ3) is 2.51. The summed E-state index contributed by atoms with van der Waals surface area (Å²) in [6.45, 7) is 0. The number of benzene rings is 3. The minimum atomic E-state index is -1.02. The van der Waals surface area contributed by atoms with Gasteiger partial charge in [0.15, 0.2) is 5.75 Å².